The number of sulfonamides is 1. The number of rotatable bonds is 6. The molecular formula is C17H16BrN3O4S. The van der Waals surface area contributed by atoms with Gasteiger partial charge in [0.15, 0.2) is 0 Å². The third kappa shape index (κ3) is 3.88. The molecule has 1 aromatic heterocycles. The monoisotopic (exact) mass is 437 g/mol. The van der Waals surface area contributed by atoms with E-state index >= 15 is 0 Å². The minimum atomic E-state index is -3.91. The van der Waals surface area contributed by atoms with E-state index in [4.69, 9.17) is 9.15 Å². The van der Waals surface area contributed by atoms with Gasteiger partial charge < -0.3 is 9.15 Å². The van der Waals surface area contributed by atoms with Gasteiger partial charge in [0, 0.05) is 11.4 Å². The van der Waals surface area contributed by atoms with Crippen molar-refractivity contribution < 1.29 is 17.6 Å². The largest absolute Gasteiger partial charge is 0.492 e. The van der Waals surface area contributed by atoms with Crippen LogP contribution in [0.2, 0.25) is 0 Å². The lowest BCUT2D eigenvalue weighted by atomic mass is 10.2. The second-order valence-electron chi connectivity index (χ2n) is 5.30. The van der Waals surface area contributed by atoms with Crippen LogP contribution in [0.1, 0.15) is 12.8 Å². The molecule has 0 radical (unpaired) electrons. The van der Waals surface area contributed by atoms with Crippen LogP contribution in [0.5, 0.6) is 5.75 Å². The Hall–Kier alpha value is -2.39. The highest BCUT2D eigenvalue weighted by atomic mass is 79.9. The van der Waals surface area contributed by atoms with Crippen LogP contribution in [-0.2, 0) is 10.0 Å². The number of aromatic nitrogens is 2. The predicted molar refractivity (Wildman–Crippen MR) is 101 cm³/mol. The number of anilines is 1. The number of hydrogen-bond donors (Lipinski definition) is 1. The number of halogens is 1. The van der Waals surface area contributed by atoms with Crippen LogP contribution in [0.25, 0.3) is 11.5 Å². The molecule has 7 nitrogen and oxygen atoms in total. The van der Waals surface area contributed by atoms with E-state index in [1.165, 1.54) is 6.07 Å². The van der Waals surface area contributed by atoms with Gasteiger partial charge in [-0.15, -0.1) is 10.2 Å². The Balaban J connectivity index is 2.03. The molecule has 0 saturated carbocycles. The molecule has 0 aliphatic carbocycles. The van der Waals surface area contributed by atoms with Gasteiger partial charge in [-0.1, -0.05) is 28.1 Å². The van der Waals surface area contributed by atoms with Crippen molar-refractivity contribution in [3.63, 3.8) is 0 Å². The van der Waals surface area contributed by atoms with Crippen LogP contribution in [-0.4, -0.2) is 25.2 Å². The fraction of sp³-hybridized carbons (Fsp3) is 0.176. The number of hydrogen-bond acceptors (Lipinski definition) is 6. The average Bonchev–Trinajstić information content (AvgIpc) is 3.03. The lowest BCUT2D eigenvalue weighted by Crippen LogP contribution is -2.15. The Morgan fingerprint density at radius 3 is 2.65 bits per heavy atom. The van der Waals surface area contributed by atoms with Crippen molar-refractivity contribution in [3.8, 4) is 17.2 Å². The summed E-state index contributed by atoms with van der Waals surface area (Å²) in [5.41, 5.74) is 0.822. The Kier molecular flexibility index (Phi) is 5.28. The molecule has 9 heteroatoms. The van der Waals surface area contributed by atoms with E-state index in [9.17, 15) is 8.42 Å². The van der Waals surface area contributed by atoms with Gasteiger partial charge in [-0.3, -0.25) is 4.72 Å². The number of ether oxygens (including phenoxy) is 1. The van der Waals surface area contributed by atoms with Gasteiger partial charge in [-0.2, -0.15) is 0 Å². The van der Waals surface area contributed by atoms with Crippen LogP contribution < -0.4 is 9.46 Å². The second-order valence-corrected chi connectivity index (χ2v) is 7.87. The standard InChI is InChI=1S/C17H16BrN3O4S/c1-3-24-15-9-8-12(18)10-16(15)26(22,23)21-14-7-5-4-6-13(14)17-20-19-11(2)25-17/h4-10,21H,3H2,1-2H3. The van der Waals surface area contributed by atoms with Crippen molar-refractivity contribution in [2.24, 2.45) is 0 Å². The summed E-state index contributed by atoms with van der Waals surface area (Å²) in [7, 11) is -3.91. The van der Waals surface area contributed by atoms with Crippen molar-refractivity contribution in [1.29, 1.82) is 0 Å². The molecule has 0 bridgehead atoms. The number of nitrogens with one attached hydrogen (secondary N) is 1. The number of benzene rings is 2. The first kappa shape index (κ1) is 18.4. The van der Waals surface area contributed by atoms with Gasteiger partial charge in [0.1, 0.15) is 10.6 Å². The molecule has 0 atom stereocenters. The van der Waals surface area contributed by atoms with Crippen molar-refractivity contribution in [2.45, 2.75) is 18.7 Å². The molecule has 3 aromatic rings. The zero-order chi connectivity index (χ0) is 18.7. The summed E-state index contributed by atoms with van der Waals surface area (Å²) in [6.07, 6.45) is 0. The van der Waals surface area contributed by atoms with Crippen LogP contribution in [0.4, 0.5) is 5.69 Å². The van der Waals surface area contributed by atoms with Crippen LogP contribution in [0, 0.1) is 6.92 Å². The van der Waals surface area contributed by atoms with Gasteiger partial charge in [0.05, 0.1) is 17.9 Å². The maximum Gasteiger partial charge on any atom is 0.265 e. The van der Waals surface area contributed by atoms with E-state index < -0.39 is 10.0 Å². The van der Waals surface area contributed by atoms with E-state index in [2.05, 4.69) is 30.8 Å². The van der Waals surface area contributed by atoms with Crippen molar-refractivity contribution in [2.75, 3.05) is 11.3 Å². The van der Waals surface area contributed by atoms with E-state index in [1.807, 2.05) is 0 Å². The summed E-state index contributed by atoms with van der Waals surface area (Å²) in [5, 5.41) is 7.75. The quantitative estimate of drug-likeness (QED) is 0.625. The zero-order valence-electron chi connectivity index (χ0n) is 14.1. The van der Waals surface area contributed by atoms with Crippen molar-refractivity contribution >= 4 is 31.6 Å². The molecule has 0 aliphatic heterocycles. The van der Waals surface area contributed by atoms with Gasteiger partial charge in [0.25, 0.3) is 10.0 Å². The Labute approximate surface area is 159 Å². The molecule has 2 aromatic carbocycles. The summed E-state index contributed by atoms with van der Waals surface area (Å²) >= 11 is 3.30. The smallest absolute Gasteiger partial charge is 0.265 e. The molecule has 1 heterocycles. The predicted octanol–water partition coefficient (Wildman–Crippen LogP) is 4.01. The Morgan fingerprint density at radius 2 is 1.96 bits per heavy atom. The number of para-hydroxylation sites is 1. The summed E-state index contributed by atoms with van der Waals surface area (Å²) < 4.78 is 40.0. The van der Waals surface area contributed by atoms with E-state index in [-0.39, 0.29) is 16.5 Å². The van der Waals surface area contributed by atoms with Crippen LogP contribution in [0.3, 0.4) is 0 Å². The molecule has 0 saturated heterocycles. The molecular weight excluding hydrogens is 422 g/mol. The molecule has 0 unspecified atom stereocenters. The average molecular weight is 438 g/mol. The molecule has 3 rings (SSSR count). The van der Waals surface area contributed by atoms with Crippen LogP contribution >= 0.6 is 15.9 Å². The first-order chi connectivity index (χ1) is 12.4. The third-order valence-electron chi connectivity index (χ3n) is 3.42. The van der Waals surface area contributed by atoms with Gasteiger partial charge >= 0.3 is 0 Å². The maximum absolute atomic E-state index is 13.0. The minimum Gasteiger partial charge on any atom is -0.492 e. The molecule has 0 amide bonds. The van der Waals surface area contributed by atoms with Crippen LogP contribution in [0.15, 0.2) is 56.2 Å². The highest BCUT2D eigenvalue weighted by molar-refractivity contribution is 9.10. The van der Waals surface area contributed by atoms with E-state index in [0.29, 0.717) is 28.2 Å². The fourth-order valence-electron chi connectivity index (χ4n) is 2.33. The number of nitrogens with zero attached hydrogens (tertiary/aromatic N) is 2. The molecule has 0 aliphatic rings. The first-order valence-electron chi connectivity index (χ1n) is 7.75. The Bertz CT molecular complexity index is 1030. The zero-order valence-corrected chi connectivity index (χ0v) is 16.5. The minimum absolute atomic E-state index is 0.0326. The molecule has 136 valence electrons. The van der Waals surface area contributed by atoms with Gasteiger partial charge in [-0.05, 0) is 37.3 Å². The molecule has 26 heavy (non-hydrogen) atoms. The fourth-order valence-corrected chi connectivity index (χ4v) is 4.09. The highest BCUT2D eigenvalue weighted by Gasteiger charge is 2.22. The SMILES string of the molecule is CCOc1ccc(Br)cc1S(=O)(=O)Nc1ccccc1-c1nnc(C)o1. The number of aryl methyl sites for hydroxylation is 1. The summed E-state index contributed by atoms with van der Waals surface area (Å²) in [5.74, 6) is 0.901. The second kappa shape index (κ2) is 7.46. The molecule has 1 N–H and O–H groups in total. The first-order valence-corrected chi connectivity index (χ1v) is 10.0. The Morgan fingerprint density at radius 1 is 1.19 bits per heavy atom. The van der Waals surface area contributed by atoms with E-state index in [0.717, 1.165) is 0 Å². The van der Waals surface area contributed by atoms with Crippen molar-refractivity contribution in [1.82, 2.24) is 10.2 Å². The molecule has 0 fully saturated rings. The lowest BCUT2D eigenvalue weighted by molar-refractivity contribution is 0.331. The van der Waals surface area contributed by atoms with Gasteiger partial charge in [-0.25, -0.2) is 8.42 Å². The van der Waals surface area contributed by atoms with Crippen molar-refractivity contribution in [3.05, 3.63) is 52.8 Å². The lowest BCUT2D eigenvalue weighted by Gasteiger charge is -2.14. The van der Waals surface area contributed by atoms with E-state index in [1.54, 1.807) is 50.2 Å². The summed E-state index contributed by atoms with van der Waals surface area (Å²) in [4.78, 5) is 0.0326. The maximum atomic E-state index is 13.0. The normalized spacial score (nSPS) is 11.3. The van der Waals surface area contributed by atoms with Gasteiger partial charge in [0.2, 0.25) is 11.8 Å². The summed E-state index contributed by atoms with van der Waals surface area (Å²) in [6, 6.07) is 11.6. The molecule has 0 spiro atoms. The summed E-state index contributed by atoms with van der Waals surface area (Å²) in [6.45, 7) is 3.81. The third-order valence-corrected chi connectivity index (χ3v) is 5.30. The topological polar surface area (TPSA) is 94.3 Å². The highest BCUT2D eigenvalue weighted by Crippen LogP contribution is 2.32.